The van der Waals surface area contributed by atoms with Crippen molar-refractivity contribution in [1.29, 1.82) is 0 Å². The topological polar surface area (TPSA) is 132 Å². The van der Waals surface area contributed by atoms with Crippen LogP contribution in [-0.2, 0) is 9.84 Å². The molecule has 27 heavy (non-hydrogen) atoms. The normalized spacial score (nSPS) is 11.1. The third-order valence-corrected chi connectivity index (χ3v) is 6.87. The Morgan fingerprint density at radius 1 is 1.19 bits per heavy atom. The van der Waals surface area contributed by atoms with Crippen molar-refractivity contribution in [1.82, 2.24) is 9.97 Å². The van der Waals surface area contributed by atoms with E-state index in [1.807, 2.05) is 0 Å². The second kappa shape index (κ2) is 7.50. The maximum absolute atomic E-state index is 12.6. The molecule has 0 unspecified atom stereocenters. The van der Waals surface area contributed by atoms with Gasteiger partial charge in [0.15, 0.2) is 5.13 Å². The zero-order valence-corrected chi connectivity index (χ0v) is 16.4. The van der Waals surface area contributed by atoms with Crippen molar-refractivity contribution in [2.45, 2.75) is 9.10 Å². The van der Waals surface area contributed by atoms with E-state index in [1.54, 1.807) is 6.07 Å². The Balaban J connectivity index is 1.82. The Bertz CT molecular complexity index is 1130. The van der Waals surface area contributed by atoms with E-state index in [2.05, 4.69) is 31.2 Å². The van der Waals surface area contributed by atoms with E-state index in [4.69, 9.17) is 0 Å². The summed E-state index contributed by atoms with van der Waals surface area (Å²) in [4.78, 5) is 29.9. The fraction of sp³-hybridized carbons (Fsp3) is 0. The van der Waals surface area contributed by atoms with Gasteiger partial charge < -0.3 is 0 Å². The van der Waals surface area contributed by atoms with Crippen LogP contribution in [0.1, 0.15) is 10.4 Å². The van der Waals surface area contributed by atoms with Gasteiger partial charge in [0.1, 0.15) is 4.21 Å². The molecule has 1 amide bonds. The summed E-state index contributed by atoms with van der Waals surface area (Å²) in [5.74, 6) is -0.488. The van der Waals surface area contributed by atoms with Gasteiger partial charge in [0.25, 0.3) is 11.6 Å². The molecule has 3 rings (SSSR count). The largest absolute Gasteiger partial charge is 0.298 e. The number of hydrogen-bond acceptors (Lipinski definition) is 8. The van der Waals surface area contributed by atoms with Crippen LogP contribution >= 0.6 is 27.3 Å². The van der Waals surface area contributed by atoms with E-state index in [0.29, 0.717) is 4.47 Å². The van der Waals surface area contributed by atoms with Crippen molar-refractivity contribution in [2.75, 3.05) is 5.32 Å². The van der Waals surface area contributed by atoms with Gasteiger partial charge in [0.2, 0.25) is 9.84 Å². The minimum Gasteiger partial charge on any atom is -0.298 e. The van der Waals surface area contributed by atoms with E-state index in [9.17, 15) is 23.3 Å². The summed E-state index contributed by atoms with van der Waals surface area (Å²) in [5.41, 5.74) is 0.0631. The van der Waals surface area contributed by atoms with Crippen LogP contribution in [0.5, 0.6) is 0 Å². The lowest BCUT2D eigenvalue weighted by molar-refractivity contribution is -0.384. The number of nitro groups is 1. The first kappa shape index (κ1) is 19.1. The summed E-state index contributed by atoms with van der Waals surface area (Å²) in [6, 6.07) is 6.08. The highest BCUT2D eigenvalue weighted by Gasteiger charge is 2.22. The Labute approximate surface area is 165 Å². The zero-order valence-electron chi connectivity index (χ0n) is 13.2. The van der Waals surface area contributed by atoms with E-state index in [1.165, 1.54) is 12.4 Å². The molecule has 0 radical (unpaired) electrons. The van der Waals surface area contributed by atoms with Gasteiger partial charge in [-0.25, -0.2) is 13.4 Å². The van der Waals surface area contributed by atoms with Crippen LogP contribution in [0.25, 0.3) is 0 Å². The summed E-state index contributed by atoms with van der Waals surface area (Å²) in [6.45, 7) is 0. The molecule has 0 saturated carbocycles. The number of thiazole rings is 1. The lowest BCUT2D eigenvalue weighted by Gasteiger charge is -2.02. The number of nitro benzene ring substituents is 1. The lowest BCUT2D eigenvalue weighted by atomic mass is 10.3. The summed E-state index contributed by atoms with van der Waals surface area (Å²) in [6.07, 6.45) is 4.01. The monoisotopic (exact) mass is 468 g/mol. The average molecular weight is 469 g/mol. The minimum absolute atomic E-state index is 0.0977. The van der Waals surface area contributed by atoms with E-state index in [-0.39, 0.29) is 25.5 Å². The lowest BCUT2D eigenvalue weighted by Crippen LogP contribution is -2.11. The molecule has 0 spiro atoms. The minimum atomic E-state index is -3.91. The van der Waals surface area contributed by atoms with Crippen LogP contribution in [0.15, 0.2) is 62.5 Å². The summed E-state index contributed by atoms with van der Waals surface area (Å²) >= 11 is 3.98. The van der Waals surface area contributed by atoms with E-state index < -0.39 is 20.7 Å². The van der Waals surface area contributed by atoms with Gasteiger partial charge in [-0.15, -0.1) is 0 Å². The molecule has 0 aliphatic rings. The fourth-order valence-corrected chi connectivity index (χ4v) is 4.80. The summed E-state index contributed by atoms with van der Waals surface area (Å²) < 4.78 is 25.7. The highest BCUT2D eigenvalue weighted by atomic mass is 79.9. The SMILES string of the molecule is O=C(Nc1ncc(S(=O)(=O)c2ccc([N+](=O)[O-])cc2)s1)c1cncc(Br)c1. The van der Waals surface area contributed by atoms with Crippen LogP contribution in [0, 0.1) is 10.1 Å². The van der Waals surface area contributed by atoms with Gasteiger partial charge in [-0.05, 0) is 34.1 Å². The molecule has 12 heteroatoms. The quantitative estimate of drug-likeness (QED) is 0.448. The van der Waals surface area contributed by atoms with Crippen molar-refractivity contribution in [3.63, 3.8) is 0 Å². The molecule has 138 valence electrons. The number of anilines is 1. The van der Waals surface area contributed by atoms with Crippen LogP contribution < -0.4 is 5.32 Å². The third-order valence-electron chi connectivity index (χ3n) is 3.29. The molecule has 2 heterocycles. The standard InChI is InChI=1S/C15H9BrN4O5S2/c16-10-5-9(6-17-7-10)14(21)19-15-18-8-13(26-15)27(24,25)12-3-1-11(2-4-12)20(22)23/h1-8H,(H,18,19,21). The molecular formula is C15H9BrN4O5S2. The third kappa shape index (κ3) is 4.18. The number of rotatable bonds is 5. The molecule has 1 N–H and O–H groups in total. The number of aromatic nitrogens is 2. The molecule has 0 fully saturated rings. The second-order valence-corrected chi connectivity index (χ2v) is 9.21. The first-order valence-electron chi connectivity index (χ1n) is 7.14. The van der Waals surface area contributed by atoms with Crippen LogP contribution in [0.4, 0.5) is 10.8 Å². The second-order valence-electron chi connectivity index (χ2n) is 5.08. The number of nitrogens with zero attached hydrogens (tertiary/aromatic N) is 3. The van der Waals surface area contributed by atoms with Crippen molar-refractivity contribution >= 4 is 53.8 Å². The smallest absolute Gasteiger partial charge is 0.269 e. The van der Waals surface area contributed by atoms with Crippen molar-refractivity contribution in [3.05, 3.63) is 69.1 Å². The van der Waals surface area contributed by atoms with Gasteiger partial charge >= 0.3 is 0 Å². The number of nitrogens with one attached hydrogen (secondary N) is 1. The maximum Gasteiger partial charge on any atom is 0.269 e. The van der Waals surface area contributed by atoms with Crippen molar-refractivity contribution in [2.24, 2.45) is 0 Å². The number of pyridine rings is 1. The van der Waals surface area contributed by atoms with Crippen LogP contribution in [-0.4, -0.2) is 29.2 Å². The van der Waals surface area contributed by atoms with E-state index in [0.717, 1.165) is 41.8 Å². The highest BCUT2D eigenvalue weighted by molar-refractivity contribution is 9.10. The number of halogens is 1. The Morgan fingerprint density at radius 3 is 2.52 bits per heavy atom. The van der Waals surface area contributed by atoms with Crippen molar-refractivity contribution in [3.8, 4) is 0 Å². The van der Waals surface area contributed by atoms with Gasteiger partial charge in [0.05, 0.1) is 21.6 Å². The molecule has 0 bridgehead atoms. The number of sulfone groups is 1. The Hall–Kier alpha value is -2.70. The molecule has 0 atom stereocenters. The van der Waals surface area contributed by atoms with Gasteiger partial charge in [-0.2, -0.15) is 0 Å². The number of benzene rings is 1. The molecule has 3 aromatic rings. The number of amides is 1. The zero-order chi connectivity index (χ0) is 19.6. The predicted molar refractivity (Wildman–Crippen MR) is 101 cm³/mol. The number of non-ortho nitro benzene ring substituents is 1. The summed E-state index contributed by atoms with van der Waals surface area (Å²) in [5, 5.41) is 13.3. The van der Waals surface area contributed by atoms with Crippen LogP contribution in [0.2, 0.25) is 0 Å². The molecular weight excluding hydrogens is 460 g/mol. The van der Waals surface area contributed by atoms with Gasteiger partial charge in [0, 0.05) is 29.0 Å². The predicted octanol–water partition coefficient (Wildman–Crippen LogP) is 3.29. The first-order valence-corrected chi connectivity index (χ1v) is 10.2. The molecule has 9 nitrogen and oxygen atoms in total. The number of carbonyl (C=O) groups is 1. The number of hydrogen-bond donors (Lipinski definition) is 1. The number of carbonyl (C=O) groups excluding carboxylic acids is 1. The van der Waals surface area contributed by atoms with Gasteiger partial charge in [-0.1, -0.05) is 11.3 Å². The molecule has 2 aromatic heterocycles. The fourth-order valence-electron chi connectivity index (χ4n) is 2.01. The molecule has 1 aromatic carbocycles. The Kier molecular flexibility index (Phi) is 5.30. The molecule has 0 aliphatic carbocycles. The van der Waals surface area contributed by atoms with Gasteiger partial charge in [-0.3, -0.25) is 25.2 Å². The molecule has 0 aliphatic heterocycles. The maximum atomic E-state index is 12.6. The Morgan fingerprint density at radius 2 is 1.89 bits per heavy atom. The first-order chi connectivity index (χ1) is 12.8. The highest BCUT2D eigenvalue weighted by Crippen LogP contribution is 2.29. The van der Waals surface area contributed by atoms with E-state index >= 15 is 0 Å². The summed E-state index contributed by atoms with van der Waals surface area (Å²) in [7, 11) is -3.91. The average Bonchev–Trinajstić information content (AvgIpc) is 3.11. The van der Waals surface area contributed by atoms with Crippen molar-refractivity contribution < 1.29 is 18.1 Å². The molecule has 0 saturated heterocycles. The van der Waals surface area contributed by atoms with Crippen LogP contribution in [0.3, 0.4) is 0 Å².